The maximum absolute atomic E-state index is 13.1. The molecular formula is C85H144O17P2. The van der Waals surface area contributed by atoms with Crippen molar-refractivity contribution in [2.45, 2.75) is 341 Å². The molecule has 0 bridgehead atoms. The van der Waals surface area contributed by atoms with Crippen LogP contribution in [-0.4, -0.2) is 96.7 Å². The minimum Gasteiger partial charge on any atom is -0.462 e. The average Bonchev–Trinajstić information content (AvgIpc) is 0.918. The van der Waals surface area contributed by atoms with E-state index in [0.29, 0.717) is 32.1 Å². The van der Waals surface area contributed by atoms with Crippen LogP contribution in [0.5, 0.6) is 0 Å². The van der Waals surface area contributed by atoms with Crippen molar-refractivity contribution in [3.63, 3.8) is 0 Å². The van der Waals surface area contributed by atoms with E-state index in [-0.39, 0.29) is 25.7 Å². The van der Waals surface area contributed by atoms with E-state index >= 15 is 0 Å². The van der Waals surface area contributed by atoms with Crippen LogP contribution in [0.15, 0.2) is 134 Å². The highest BCUT2D eigenvalue weighted by molar-refractivity contribution is 7.47. The Hall–Kier alpha value is -4.80. The Labute approximate surface area is 631 Å². The second-order valence-electron chi connectivity index (χ2n) is 26.6. The zero-order chi connectivity index (χ0) is 76.0. The van der Waals surface area contributed by atoms with Crippen LogP contribution in [0, 0.1) is 0 Å². The monoisotopic (exact) mass is 1500 g/mol. The molecule has 19 heteroatoms. The molecule has 0 radical (unpaired) electrons. The van der Waals surface area contributed by atoms with Crippen molar-refractivity contribution in [3.05, 3.63) is 134 Å². The number of carbonyl (C=O) groups is 4. The first kappa shape index (κ1) is 99.2. The molecule has 0 amide bonds. The lowest BCUT2D eigenvalue weighted by molar-refractivity contribution is -0.161. The number of hydrogen-bond acceptors (Lipinski definition) is 15. The third kappa shape index (κ3) is 75.4. The second-order valence-corrected chi connectivity index (χ2v) is 29.5. The van der Waals surface area contributed by atoms with E-state index in [0.717, 1.165) is 167 Å². The van der Waals surface area contributed by atoms with Gasteiger partial charge in [-0.3, -0.25) is 37.3 Å². The number of rotatable bonds is 75. The number of unbranched alkanes of at least 4 members (excludes halogenated alkanes) is 27. The van der Waals surface area contributed by atoms with Crippen molar-refractivity contribution in [3.8, 4) is 0 Å². The quantitative estimate of drug-likeness (QED) is 0.0169. The van der Waals surface area contributed by atoms with Crippen LogP contribution in [0.3, 0.4) is 0 Å². The molecule has 5 unspecified atom stereocenters. The van der Waals surface area contributed by atoms with Gasteiger partial charge in [0.2, 0.25) is 0 Å². The van der Waals surface area contributed by atoms with E-state index in [1.54, 1.807) is 0 Å². The minimum atomic E-state index is -5.00. The highest BCUT2D eigenvalue weighted by Crippen LogP contribution is 2.45. The van der Waals surface area contributed by atoms with Crippen molar-refractivity contribution in [1.82, 2.24) is 0 Å². The van der Waals surface area contributed by atoms with Crippen molar-refractivity contribution >= 4 is 39.5 Å². The van der Waals surface area contributed by atoms with Gasteiger partial charge in [-0.05, 0) is 141 Å². The number of ether oxygens (including phenoxy) is 4. The van der Waals surface area contributed by atoms with E-state index in [9.17, 15) is 43.2 Å². The molecule has 596 valence electrons. The third-order valence-electron chi connectivity index (χ3n) is 16.6. The number of hydrogen-bond donors (Lipinski definition) is 3. The predicted molar refractivity (Wildman–Crippen MR) is 427 cm³/mol. The molecule has 0 aromatic carbocycles. The zero-order valence-electron chi connectivity index (χ0n) is 65.2. The Morgan fingerprint density at radius 3 is 0.808 bits per heavy atom. The van der Waals surface area contributed by atoms with Gasteiger partial charge in [-0.1, -0.05) is 290 Å². The highest BCUT2D eigenvalue weighted by Gasteiger charge is 2.30. The summed E-state index contributed by atoms with van der Waals surface area (Å²) in [5.41, 5.74) is 0. The van der Waals surface area contributed by atoms with Crippen molar-refractivity contribution in [2.75, 3.05) is 39.6 Å². The first-order valence-corrected chi connectivity index (χ1v) is 43.4. The van der Waals surface area contributed by atoms with Crippen LogP contribution in [-0.2, 0) is 65.4 Å². The number of aliphatic hydroxyl groups excluding tert-OH is 1. The fourth-order valence-corrected chi connectivity index (χ4v) is 12.1. The second kappa shape index (κ2) is 76.4. The summed E-state index contributed by atoms with van der Waals surface area (Å²) in [6.45, 7) is 4.55. The van der Waals surface area contributed by atoms with Crippen LogP contribution in [0.2, 0.25) is 0 Å². The van der Waals surface area contributed by atoms with Gasteiger partial charge in [0.1, 0.15) is 19.3 Å². The molecule has 0 saturated carbocycles. The topological polar surface area (TPSA) is 237 Å². The molecule has 0 fully saturated rings. The minimum absolute atomic E-state index is 0.0367. The van der Waals surface area contributed by atoms with Crippen LogP contribution in [0.4, 0.5) is 0 Å². The van der Waals surface area contributed by atoms with Gasteiger partial charge in [-0.2, -0.15) is 0 Å². The Morgan fingerprint density at radius 2 is 0.500 bits per heavy atom. The summed E-state index contributed by atoms with van der Waals surface area (Å²) >= 11 is 0. The number of allylic oxidation sites excluding steroid dienone is 22. The van der Waals surface area contributed by atoms with Gasteiger partial charge >= 0.3 is 39.5 Å². The molecule has 0 aromatic rings. The van der Waals surface area contributed by atoms with Gasteiger partial charge in [0.05, 0.1) is 26.4 Å². The van der Waals surface area contributed by atoms with Gasteiger partial charge in [0.25, 0.3) is 0 Å². The van der Waals surface area contributed by atoms with Crippen molar-refractivity contribution in [2.24, 2.45) is 0 Å². The molecule has 0 heterocycles. The summed E-state index contributed by atoms with van der Waals surface area (Å²) in [6, 6.07) is 0. The Morgan fingerprint density at radius 1 is 0.279 bits per heavy atom. The molecule has 3 N–H and O–H groups in total. The summed E-state index contributed by atoms with van der Waals surface area (Å²) in [5, 5.41) is 10.6. The van der Waals surface area contributed by atoms with Crippen LogP contribution in [0.1, 0.15) is 323 Å². The first-order chi connectivity index (χ1) is 50.7. The van der Waals surface area contributed by atoms with E-state index in [4.69, 9.17) is 37.0 Å². The van der Waals surface area contributed by atoms with Gasteiger partial charge in [-0.15, -0.1) is 0 Å². The lowest BCUT2D eigenvalue weighted by atomic mass is 10.0. The average molecular weight is 1500 g/mol. The maximum atomic E-state index is 13.1. The van der Waals surface area contributed by atoms with Crippen LogP contribution in [0.25, 0.3) is 0 Å². The third-order valence-corrected chi connectivity index (χ3v) is 18.5. The Kier molecular flexibility index (Phi) is 72.9. The molecule has 0 saturated heterocycles. The molecule has 0 spiro atoms. The maximum Gasteiger partial charge on any atom is 0.472 e. The summed E-state index contributed by atoms with van der Waals surface area (Å²) in [6.07, 6.45) is 85.7. The van der Waals surface area contributed by atoms with Crippen molar-refractivity contribution in [1.29, 1.82) is 0 Å². The normalized spacial score (nSPS) is 14.6. The molecule has 0 aliphatic carbocycles. The predicted octanol–water partition coefficient (Wildman–Crippen LogP) is 23.7. The zero-order valence-corrected chi connectivity index (χ0v) is 66.9. The van der Waals surface area contributed by atoms with Gasteiger partial charge < -0.3 is 33.8 Å². The first-order valence-electron chi connectivity index (χ1n) is 40.4. The number of esters is 4. The molecule has 0 aromatic heterocycles. The lowest BCUT2D eigenvalue weighted by Gasteiger charge is -2.21. The number of aliphatic hydroxyl groups is 1. The van der Waals surface area contributed by atoms with Crippen molar-refractivity contribution < 1.29 is 80.2 Å². The fourth-order valence-electron chi connectivity index (χ4n) is 10.5. The molecule has 0 aliphatic heterocycles. The van der Waals surface area contributed by atoms with Gasteiger partial charge in [-0.25, -0.2) is 9.13 Å². The number of carbonyl (C=O) groups excluding carboxylic acids is 4. The molecule has 5 atom stereocenters. The Bertz CT molecular complexity index is 2490. The number of phosphoric acid groups is 2. The Balaban J connectivity index is 5.41. The smallest absolute Gasteiger partial charge is 0.462 e. The molecule has 17 nitrogen and oxygen atoms in total. The lowest BCUT2D eigenvalue weighted by Crippen LogP contribution is -2.30. The highest BCUT2D eigenvalue weighted by atomic mass is 31.2. The number of phosphoric ester groups is 2. The standard InChI is InChI=1S/C85H144O17P2/c1-5-9-13-17-21-25-29-33-36-38-39-41-44-47-50-54-58-62-66-70-83(88)96-76-81(102-85(90)72-68-64-60-56-52-48-42-35-31-27-23-19-15-11-7-3)78-100-104(93,94)98-74-79(86)73-97-103(91,92)99-77-80(101-84(89)71-67-63-59-55-51-45-32-28-24-20-16-12-8-4)75-95-82(87)69-65-61-57-53-49-46-43-40-37-34-30-26-22-18-14-10-6-2/h10-11,14-15,21-23,25-27,33-37,39,41-43,46,52,56,79-81,86H,5-9,12-13,16-20,24,28-32,38,40,44-45,47-51,53-55,57-78H2,1-4H3,(H,91,92)(H,93,94)/b14-10-,15-11-,25-21-,26-22-,27-23-,36-33-,37-34-,41-39-,42-35-,46-43-,56-52-. The molecular weight excluding hydrogens is 1350 g/mol. The van der Waals surface area contributed by atoms with Crippen LogP contribution >= 0.6 is 15.6 Å². The molecule has 0 rings (SSSR count). The summed E-state index contributed by atoms with van der Waals surface area (Å²) in [5.74, 6) is -2.26. The van der Waals surface area contributed by atoms with E-state index in [1.807, 2.05) is 0 Å². The van der Waals surface area contributed by atoms with E-state index in [1.165, 1.54) is 70.6 Å². The van der Waals surface area contributed by atoms with Crippen LogP contribution < -0.4 is 0 Å². The summed E-state index contributed by atoms with van der Waals surface area (Å²) in [4.78, 5) is 73.0. The SMILES string of the molecule is CC/C=C\C/C=C\C/C=C\C/C=C\CCCCCCC(=O)OCC(COP(=O)(O)OCC(O)COP(=O)(O)OCC(COC(=O)CCCCCCCC/C=C\C/C=C\C/C=C\CCCCC)OC(=O)CCCC/C=C\C/C=C\C/C=C\C/C=C\CC)OC(=O)CCCCCCCCCCCCCCC. The van der Waals surface area contributed by atoms with Gasteiger partial charge in [0.15, 0.2) is 12.2 Å². The van der Waals surface area contributed by atoms with Gasteiger partial charge in [0, 0.05) is 25.7 Å². The molecule has 0 aliphatic rings. The largest absolute Gasteiger partial charge is 0.472 e. The van der Waals surface area contributed by atoms with E-state index in [2.05, 4.69) is 161 Å². The summed E-state index contributed by atoms with van der Waals surface area (Å²) in [7, 11) is -9.98. The molecule has 104 heavy (non-hydrogen) atoms. The van der Waals surface area contributed by atoms with E-state index < -0.39 is 97.5 Å². The fraction of sp³-hybridized carbons (Fsp3) is 0.694. The summed E-state index contributed by atoms with van der Waals surface area (Å²) < 4.78 is 68.6.